The molecule has 13 heavy (non-hydrogen) atoms. The third-order valence-electron chi connectivity index (χ3n) is 2.38. The first-order valence-corrected chi connectivity index (χ1v) is 5.40. The van der Waals surface area contributed by atoms with E-state index in [0.29, 0.717) is 0 Å². The average molecular weight is 199 g/mol. The van der Waals surface area contributed by atoms with Crippen LogP contribution < -0.4 is 0 Å². The van der Waals surface area contributed by atoms with Crippen LogP contribution in [0.15, 0.2) is 17.5 Å². The summed E-state index contributed by atoms with van der Waals surface area (Å²) in [5, 5.41) is 11.5. The minimum absolute atomic E-state index is 0.210. The molecule has 3 heteroatoms. The Balaban J connectivity index is 2.45. The summed E-state index contributed by atoms with van der Waals surface area (Å²) in [5.41, 5.74) is 0. The van der Waals surface area contributed by atoms with Crippen LogP contribution in [0.2, 0.25) is 0 Å². The molecule has 1 rings (SSSR count). The predicted molar refractivity (Wildman–Crippen MR) is 56.9 cm³/mol. The molecule has 0 bridgehead atoms. The van der Waals surface area contributed by atoms with E-state index < -0.39 is 0 Å². The molecule has 1 N–H and O–H groups in total. The van der Waals surface area contributed by atoms with Crippen LogP contribution in [0.1, 0.15) is 18.7 Å². The van der Waals surface area contributed by atoms with Gasteiger partial charge in [-0.25, -0.2) is 0 Å². The molecule has 1 heterocycles. The number of likely N-dealkylation sites (N-methyl/N-ethyl adjacent to an activating group) is 1. The summed E-state index contributed by atoms with van der Waals surface area (Å²) < 4.78 is 0. The molecule has 0 aromatic carbocycles. The van der Waals surface area contributed by atoms with Crippen molar-refractivity contribution in [1.29, 1.82) is 0 Å². The molecule has 0 radical (unpaired) electrons. The summed E-state index contributed by atoms with van der Waals surface area (Å²) in [6.07, 6.45) is -0.273. The van der Waals surface area contributed by atoms with E-state index in [1.807, 2.05) is 20.9 Å². The van der Waals surface area contributed by atoms with Gasteiger partial charge in [0.15, 0.2) is 0 Å². The fourth-order valence-electron chi connectivity index (χ4n) is 1.16. The van der Waals surface area contributed by atoms with Crippen molar-refractivity contribution < 1.29 is 5.11 Å². The van der Waals surface area contributed by atoms with Crippen LogP contribution in [0.5, 0.6) is 0 Å². The Morgan fingerprint density at radius 1 is 1.54 bits per heavy atom. The van der Waals surface area contributed by atoms with Crippen LogP contribution in [0.25, 0.3) is 0 Å². The van der Waals surface area contributed by atoms with Crippen LogP contribution >= 0.6 is 11.3 Å². The van der Waals surface area contributed by atoms with Crippen LogP contribution in [-0.4, -0.2) is 29.2 Å². The number of aliphatic hydroxyl groups excluding tert-OH is 1. The maximum atomic E-state index is 9.38. The van der Waals surface area contributed by atoms with Crippen molar-refractivity contribution in [2.45, 2.75) is 32.5 Å². The van der Waals surface area contributed by atoms with Gasteiger partial charge in [0.25, 0.3) is 0 Å². The molecule has 0 saturated heterocycles. The minimum atomic E-state index is -0.273. The van der Waals surface area contributed by atoms with E-state index in [2.05, 4.69) is 22.4 Å². The quantitative estimate of drug-likeness (QED) is 0.801. The van der Waals surface area contributed by atoms with Crippen LogP contribution in [0.4, 0.5) is 0 Å². The summed E-state index contributed by atoms with van der Waals surface area (Å²) in [4.78, 5) is 3.51. The van der Waals surface area contributed by atoms with Gasteiger partial charge in [0.05, 0.1) is 6.10 Å². The summed E-state index contributed by atoms with van der Waals surface area (Å²) >= 11 is 1.76. The Bertz CT molecular complexity index is 233. The van der Waals surface area contributed by atoms with Gasteiger partial charge in [-0.3, -0.25) is 4.90 Å². The van der Waals surface area contributed by atoms with Gasteiger partial charge >= 0.3 is 0 Å². The number of rotatable bonds is 4. The third kappa shape index (κ3) is 3.10. The monoisotopic (exact) mass is 199 g/mol. The second-order valence-corrected chi connectivity index (χ2v) is 4.51. The number of thiophene rings is 1. The summed E-state index contributed by atoms with van der Waals surface area (Å²) in [6, 6.07) is 4.39. The van der Waals surface area contributed by atoms with Crippen molar-refractivity contribution in [3.8, 4) is 0 Å². The molecular formula is C10H17NOS. The third-order valence-corrected chi connectivity index (χ3v) is 3.24. The van der Waals surface area contributed by atoms with E-state index in [1.54, 1.807) is 11.3 Å². The average Bonchev–Trinajstić information content (AvgIpc) is 2.55. The van der Waals surface area contributed by atoms with Gasteiger partial charge in [0, 0.05) is 17.5 Å². The van der Waals surface area contributed by atoms with E-state index >= 15 is 0 Å². The van der Waals surface area contributed by atoms with Gasteiger partial charge in [-0.05, 0) is 32.3 Å². The first kappa shape index (κ1) is 10.7. The Morgan fingerprint density at radius 3 is 2.69 bits per heavy atom. The maximum Gasteiger partial charge on any atom is 0.0664 e. The second-order valence-electron chi connectivity index (χ2n) is 3.48. The molecule has 74 valence electrons. The highest BCUT2D eigenvalue weighted by molar-refractivity contribution is 7.09. The van der Waals surface area contributed by atoms with Crippen molar-refractivity contribution in [2.75, 3.05) is 7.05 Å². The predicted octanol–water partition coefficient (Wildman–Crippen LogP) is 1.95. The maximum absolute atomic E-state index is 9.38. The zero-order valence-electron chi connectivity index (χ0n) is 8.40. The molecule has 0 aliphatic carbocycles. The van der Waals surface area contributed by atoms with Crippen molar-refractivity contribution in [3.63, 3.8) is 0 Å². The number of aliphatic hydroxyl groups is 1. The molecule has 0 amide bonds. The van der Waals surface area contributed by atoms with E-state index in [4.69, 9.17) is 0 Å². The van der Waals surface area contributed by atoms with Gasteiger partial charge in [0.2, 0.25) is 0 Å². The highest BCUT2D eigenvalue weighted by atomic mass is 32.1. The number of nitrogens with zero attached hydrogens (tertiary/aromatic N) is 1. The Kier molecular flexibility index (Phi) is 3.90. The van der Waals surface area contributed by atoms with Crippen molar-refractivity contribution >= 4 is 11.3 Å². The van der Waals surface area contributed by atoms with E-state index in [1.165, 1.54) is 4.88 Å². The minimum Gasteiger partial charge on any atom is -0.392 e. The Morgan fingerprint density at radius 2 is 2.23 bits per heavy atom. The zero-order valence-corrected chi connectivity index (χ0v) is 9.21. The fourth-order valence-corrected chi connectivity index (χ4v) is 1.93. The molecule has 0 fully saturated rings. The summed E-state index contributed by atoms with van der Waals surface area (Å²) in [7, 11) is 2.04. The standard InChI is InChI=1S/C10H17NOS/c1-8(9(2)12)11(3)7-10-5-4-6-13-10/h4-6,8-9,12H,7H2,1-3H3. The molecule has 2 nitrogen and oxygen atoms in total. The number of hydrogen-bond donors (Lipinski definition) is 1. The smallest absolute Gasteiger partial charge is 0.0664 e. The van der Waals surface area contributed by atoms with E-state index in [-0.39, 0.29) is 12.1 Å². The molecule has 0 spiro atoms. The van der Waals surface area contributed by atoms with Gasteiger partial charge in [-0.15, -0.1) is 11.3 Å². The summed E-state index contributed by atoms with van der Waals surface area (Å²) in [6.45, 7) is 4.79. The Hall–Kier alpha value is -0.380. The first-order valence-electron chi connectivity index (χ1n) is 4.52. The molecule has 1 aromatic heterocycles. The van der Waals surface area contributed by atoms with E-state index in [9.17, 15) is 5.11 Å². The van der Waals surface area contributed by atoms with Crippen LogP contribution in [0.3, 0.4) is 0 Å². The van der Waals surface area contributed by atoms with Crippen molar-refractivity contribution in [1.82, 2.24) is 4.90 Å². The molecule has 2 unspecified atom stereocenters. The lowest BCUT2D eigenvalue weighted by Gasteiger charge is -2.26. The van der Waals surface area contributed by atoms with Crippen LogP contribution in [0, 0.1) is 0 Å². The number of hydrogen-bond acceptors (Lipinski definition) is 3. The molecule has 0 aliphatic rings. The first-order chi connectivity index (χ1) is 6.11. The SMILES string of the molecule is CC(O)C(C)N(C)Cc1cccs1. The highest BCUT2D eigenvalue weighted by Gasteiger charge is 2.14. The summed E-state index contributed by atoms with van der Waals surface area (Å²) in [5.74, 6) is 0. The lowest BCUT2D eigenvalue weighted by Crippen LogP contribution is -2.36. The molecule has 2 atom stereocenters. The van der Waals surface area contributed by atoms with E-state index in [0.717, 1.165) is 6.54 Å². The molecule has 1 aromatic rings. The zero-order chi connectivity index (χ0) is 9.84. The Labute approximate surface area is 83.8 Å². The van der Waals surface area contributed by atoms with Crippen molar-refractivity contribution in [3.05, 3.63) is 22.4 Å². The molecular weight excluding hydrogens is 182 g/mol. The van der Waals surface area contributed by atoms with Gasteiger partial charge in [-0.1, -0.05) is 6.07 Å². The van der Waals surface area contributed by atoms with Crippen molar-refractivity contribution in [2.24, 2.45) is 0 Å². The topological polar surface area (TPSA) is 23.5 Å². The lowest BCUT2D eigenvalue weighted by atomic mass is 10.2. The normalized spacial score (nSPS) is 16.1. The lowest BCUT2D eigenvalue weighted by molar-refractivity contribution is 0.0833. The largest absolute Gasteiger partial charge is 0.392 e. The van der Waals surface area contributed by atoms with Gasteiger partial charge in [0.1, 0.15) is 0 Å². The van der Waals surface area contributed by atoms with Gasteiger partial charge < -0.3 is 5.11 Å². The molecule has 0 saturated carbocycles. The van der Waals surface area contributed by atoms with Crippen LogP contribution in [-0.2, 0) is 6.54 Å². The fraction of sp³-hybridized carbons (Fsp3) is 0.600. The highest BCUT2D eigenvalue weighted by Crippen LogP contribution is 2.13. The molecule has 0 aliphatic heterocycles. The van der Waals surface area contributed by atoms with Gasteiger partial charge in [-0.2, -0.15) is 0 Å². The second kappa shape index (κ2) is 4.74.